The second-order valence-electron chi connectivity index (χ2n) is 9.45. The van der Waals surface area contributed by atoms with Crippen LogP contribution < -0.4 is 0 Å². The van der Waals surface area contributed by atoms with Crippen LogP contribution in [0.25, 0.3) is 0 Å². The maximum absolute atomic E-state index is 13.2. The Morgan fingerprint density at radius 1 is 1.08 bits per heavy atom. The average Bonchev–Trinajstić information content (AvgIpc) is 2.91. The van der Waals surface area contributed by atoms with Crippen molar-refractivity contribution >= 4 is 17.7 Å². The van der Waals surface area contributed by atoms with Crippen molar-refractivity contribution in [3.05, 3.63) is 0 Å². The fourth-order valence-corrected chi connectivity index (χ4v) is 7.20. The van der Waals surface area contributed by atoms with Crippen LogP contribution in [-0.4, -0.2) is 40.8 Å². The van der Waals surface area contributed by atoms with E-state index >= 15 is 0 Å². The van der Waals surface area contributed by atoms with Crippen molar-refractivity contribution in [1.29, 1.82) is 0 Å². The summed E-state index contributed by atoms with van der Waals surface area (Å²) < 4.78 is 0. The van der Waals surface area contributed by atoms with Gasteiger partial charge in [-0.2, -0.15) is 0 Å². The van der Waals surface area contributed by atoms with Crippen LogP contribution in [0.1, 0.15) is 58.8 Å². The van der Waals surface area contributed by atoms with E-state index in [1.165, 1.54) is 0 Å². The Bertz CT molecular complexity index is 646. The highest BCUT2D eigenvalue weighted by Gasteiger charge is 2.64. The Hall–Kier alpha value is -1.39. The molecule has 0 aromatic heterocycles. The predicted molar refractivity (Wildman–Crippen MR) is 91.7 cm³/mol. The van der Waals surface area contributed by atoms with Crippen molar-refractivity contribution in [3.63, 3.8) is 0 Å². The number of piperidine rings is 1. The number of hydrogen-bond donors (Lipinski definition) is 1. The van der Waals surface area contributed by atoms with E-state index in [0.717, 1.165) is 25.7 Å². The van der Waals surface area contributed by atoms with Gasteiger partial charge in [-0.1, -0.05) is 13.8 Å². The fraction of sp³-hybridized carbons (Fsp3) is 0.850. The molecule has 0 aromatic carbocycles. The van der Waals surface area contributed by atoms with E-state index in [9.17, 15) is 19.5 Å². The van der Waals surface area contributed by atoms with Crippen molar-refractivity contribution in [3.8, 4) is 0 Å². The van der Waals surface area contributed by atoms with Gasteiger partial charge >= 0.3 is 5.97 Å². The molecule has 1 N–H and O–H groups in total. The SMILES string of the molecule is CN1C(=O)CC[C@]2(C)C3CC[C@@]4(C)C(CC[C@@H]4C(=O)O)C3C(=O)CC12. The number of amides is 1. The third-order valence-electron chi connectivity index (χ3n) is 8.68. The van der Waals surface area contributed by atoms with Crippen molar-refractivity contribution in [2.75, 3.05) is 7.05 Å². The van der Waals surface area contributed by atoms with Gasteiger partial charge in [-0.25, -0.2) is 0 Å². The molecule has 138 valence electrons. The number of carboxylic acids is 1. The van der Waals surface area contributed by atoms with E-state index in [1.54, 1.807) is 0 Å². The first kappa shape index (κ1) is 17.0. The summed E-state index contributed by atoms with van der Waals surface area (Å²) in [5, 5.41) is 9.65. The molecule has 0 spiro atoms. The van der Waals surface area contributed by atoms with Crippen molar-refractivity contribution in [2.45, 2.75) is 64.8 Å². The first-order valence-electron chi connectivity index (χ1n) is 9.71. The van der Waals surface area contributed by atoms with Gasteiger partial charge < -0.3 is 10.0 Å². The molecule has 0 bridgehead atoms. The Balaban J connectivity index is 1.70. The number of carbonyl (C=O) groups excluding carboxylic acids is 2. The van der Waals surface area contributed by atoms with Gasteiger partial charge in [-0.15, -0.1) is 0 Å². The molecule has 5 heteroatoms. The van der Waals surface area contributed by atoms with E-state index in [2.05, 4.69) is 13.8 Å². The van der Waals surface area contributed by atoms with Gasteiger partial charge in [0.1, 0.15) is 5.78 Å². The number of nitrogens with zero attached hydrogens (tertiary/aromatic N) is 1. The molecule has 7 atom stereocenters. The summed E-state index contributed by atoms with van der Waals surface area (Å²) in [6, 6.07) is 0.0172. The zero-order valence-corrected chi connectivity index (χ0v) is 15.5. The highest BCUT2D eigenvalue weighted by Crippen LogP contribution is 2.65. The van der Waals surface area contributed by atoms with Crippen LogP contribution in [0.3, 0.4) is 0 Å². The number of likely N-dealkylation sites (tertiary alicyclic amines) is 1. The van der Waals surface area contributed by atoms with Gasteiger partial charge in [0.2, 0.25) is 5.91 Å². The minimum Gasteiger partial charge on any atom is -0.481 e. The van der Waals surface area contributed by atoms with E-state index in [0.29, 0.717) is 25.2 Å². The fourth-order valence-electron chi connectivity index (χ4n) is 7.20. The van der Waals surface area contributed by atoms with Crippen LogP contribution in [0, 0.1) is 34.5 Å². The van der Waals surface area contributed by atoms with Crippen molar-refractivity contribution < 1.29 is 19.5 Å². The van der Waals surface area contributed by atoms with Crippen LogP contribution in [-0.2, 0) is 14.4 Å². The van der Waals surface area contributed by atoms with Gasteiger partial charge in [0.25, 0.3) is 0 Å². The van der Waals surface area contributed by atoms with E-state index < -0.39 is 5.97 Å². The topological polar surface area (TPSA) is 74.7 Å². The largest absolute Gasteiger partial charge is 0.481 e. The monoisotopic (exact) mass is 347 g/mol. The lowest BCUT2D eigenvalue weighted by molar-refractivity contribution is -0.170. The quantitative estimate of drug-likeness (QED) is 0.791. The van der Waals surface area contributed by atoms with Gasteiger partial charge in [-0.3, -0.25) is 14.4 Å². The normalized spacial score (nSPS) is 49.4. The summed E-state index contributed by atoms with van der Waals surface area (Å²) >= 11 is 0. The summed E-state index contributed by atoms with van der Waals surface area (Å²) in [5.74, 6) is -0.102. The molecular weight excluding hydrogens is 318 g/mol. The number of fused-ring (bicyclic) bond motifs is 5. The maximum Gasteiger partial charge on any atom is 0.307 e. The first-order chi connectivity index (χ1) is 11.7. The lowest BCUT2D eigenvalue weighted by Crippen LogP contribution is -2.64. The molecule has 1 amide bonds. The van der Waals surface area contributed by atoms with Crippen molar-refractivity contribution in [2.24, 2.45) is 34.5 Å². The third-order valence-corrected chi connectivity index (χ3v) is 8.68. The predicted octanol–water partition coefficient (Wildman–Crippen LogP) is 2.73. The molecule has 5 nitrogen and oxygen atoms in total. The molecule has 4 fully saturated rings. The highest BCUT2D eigenvalue weighted by molar-refractivity contribution is 5.86. The Kier molecular flexibility index (Phi) is 3.62. The van der Waals surface area contributed by atoms with Crippen LogP contribution in [0.2, 0.25) is 0 Å². The summed E-state index contributed by atoms with van der Waals surface area (Å²) in [6.07, 6.45) is 5.25. The van der Waals surface area contributed by atoms with Gasteiger partial charge in [0.15, 0.2) is 0 Å². The molecule has 0 aromatic rings. The Labute approximate surface area is 149 Å². The minimum atomic E-state index is -0.696. The van der Waals surface area contributed by atoms with E-state index in [1.807, 2.05) is 11.9 Å². The maximum atomic E-state index is 13.2. The number of Topliss-reactive ketones (excluding diaryl/α,β-unsaturated/α-hetero) is 1. The average molecular weight is 347 g/mol. The molecule has 1 saturated heterocycles. The molecule has 3 aliphatic carbocycles. The molecule has 4 rings (SSSR count). The van der Waals surface area contributed by atoms with E-state index in [4.69, 9.17) is 0 Å². The minimum absolute atomic E-state index is 0.00838. The number of carboxylic acid groups (broad SMARTS) is 1. The highest BCUT2D eigenvalue weighted by atomic mass is 16.4. The summed E-state index contributed by atoms with van der Waals surface area (Å²) in [6.45, 7) is 4.38. The first-order valence-corrected chi connectivity index (χ1v) is 9.71. The number of hydrogen-bond acceptors (Lipinski definition) is 3. The van der Waals surface area contributed by atoms with Crippen LogP contribution >= 0.6 is 0 Å². The van der Waals surface area contributed by atoms with Crippen LogP contribution in [0.4, 0.5) is 0 Å². The lowest BCUT2D eigenvalue weighted by atomic mass is 9.46. The molecule has 3 saturated carbocycles. The summed E-state index contributed by atoms with van der Waals surface area (Å²) in [4.78, 5) is 38.9. The van der Waals surface area contributed by atoms with Gasteiger partial charge in [0, 0.05) is 31.8 Å². The van der Waals surface area contributed by atoms with Gasteiger partial charge in [-0.05, 0) is 54.8 Å². The van der Waals surface area contributed by atoms with Crippen LogP contribution in [0.5, 0.6) is 0 Å². The zero-order valence-electron chi connectivity index (χ0n) is 15.5. The van der Waals surface area contributed by atoms with Crippen molar-refractivity contribution in [1.82, 2.24) is 4.90 Å². The molecular formula is C20H29NO4. The second-order valence-corrected chi connectivity index (χ2v) is 9.45. The number of carbonyl (C=O) groups is 3. The van der Waals surface area contributed by atoms with E-state index in [-0.39, 0.29) is 46.3 Å². The smallest absolute Gasteiger partial charge is 0.307 e. The molecule has 1 aliphatic heterocycles. The van der Waals surface area contributed by atoms with Crippen LogP contribution in [0.15, 0.2) is 0 Å². The third kappa shape index (κ3) is 2.10. The molecule has 4 aliphatic rings. The Morgan fingerprint density at radius 3 is 2.44 bits per heavy atom. The number of ketones is 1. The number of rotatable bonds is 1. The second kappa shape index (κ2) is 5.31. The lowest BCUT2D eigenvalue weighted by Gasteiger charge is -2.60. The molecule has 25 heavy (non-hydrogen) atoms. The molecule has 0 radical (unpaired) electrons. The zero-order chi connectivity index (χ0) is 18.1. The Morgan fingerprint density at radius 2 is 1.76 bits per heavy atom. The summed E-state index contributed by atoms with van der Waals surface area (Å²) in [5.41, 5.74) is -0.258. The molecule has 4 unspecified atom stereocenters. The standard InChI is InChI=1S/C20H29NO4/c1-19-8-6-12-17(11(19)4-5-13(19)18(24)25)14(22)10-15-20(12,2)9-7-16(23)21(15)3/h11-13,15,17H,4-10H2,1-3H3,(H,24,25)/t11?,12?,13-,15?,17?,19+,20-/m1/s1. The van der Waals surface area contributed by atoms with Gasteiger partial charge in [0.05, 0.1) is 5.92 Å². The molecule has 1 heterocycles. The number of aliphatic carboxylic acids is 1. The summed E-state index contributed by atoms with van der Waals surface area (Å²) in [7, 11) is 1.85.